The maximum absolute atomic E-state index is 14.7. The second-order valence-electron chi connectivity index (χ2n) is 9.79. The molecule has 0 aliphatic heterocycles. The molecule has 6 aromatic rings. The van der Waals surface area contributed by atoms with Gasteiger partial charge in [-0.15, -0.1) is 0 Å². The van der Waals surface area contributed by atoms with E-state index in [2.05, 4.69) is 15.5 Å². The Morgan fingerprint density at radius 1 is 0.925 bits per heavy atom. The zero-order valence-corrected chi connectivity index (χ0v) is 22.2. The third-order valence-electron chi connectivity index (χ3n) is 7.00. The SMILES string of the molecule is Cc1cc([C@@H](C)Nc2cccnc2-c2ccccc2F)c2oc(-c3ccccc3)c(-c3conc3C)c(=O)c2c1. The maximum atomic E-state index is 14.7. The van der Waals surface area contributed by atoms with Crippen molar-refractivity contribution in [3.63, 3.8) is 0 Å². The van der Waals surface area contributed by atoms with Gasteiger partial charge in [0.2, 0.25) is 5.43 Å². The number of aryl methyl sites for hydroxylation is 2. The molecule has 0 unspecified atom stereocenters. The van der Waals surface area contributed by atoms with Crippen molar-refractivity contribution in [2.45, 2.75) is 26.8 Å². The van der Waals surface area contributed by atoms with Gasteiger partial charge >= 0.3 is 0 Å². The van der Waals surface area contributed by atoms with Crippen molar-refractivity contribution < 1.29 is 13.3 Å². The predicted molar refractivity (Wildman–Crippen MR) is 155 cm³/mol. The standard InChI is InChI=1S/C33H26FN3O3/c1-19-16-24(20(2)36-28-14-9-15-35-30(28)23-12-7-8-13-27(23)34)33-25(17-19)31(38)29(26-18-39-37-21(26)3)32(40-33)22-10-5-4-6-11-22/h4-18,20,36H,1-3H3/t20-/m1/s1. The normalized spacial score (nSPS) is 12.0. The van der Waals surface area contributed by atoms with Crippen LogP contribution in [0.15, 0.2) is 105 Å². The summed E-state index contributed by atoms with van der Waals surface area (Å²) in [5, 5.41) is 7.94. The molecule has 0 aliphatic rings. The van der Waals surface area contributed by atoms with Gasteiger partial charge in [-0.1, -0.05) is 53.7 Å². The zero-order valence-electron chi connectivity index (χ0n) is 22.2. The maximum Gasteiger partial charge on any atom is 0.201 e. The Morgan fingerprint density at radius 2 is 1.70 bits per heavy atom. The number of rotatable bonds is 6. The van der Waals surface area contributed by atoms with Crippen LogP contribution in [0.2, 0.25) is 0 Å². The highest BCUT2D eigenvalue weighted by atomic mass is 19.1. The first-order chi connectivity index (χ1) is 19.4. The van der Waals surface area contributed by atoms with Gasteiger partial charge in [0.05, 0.1) is 39.6 Å². The molecule has 7 heteroatoms. The van der Waals surface area contributed by atoms with E-state index in [0.29, 0.717) is 50.5 Å². The van der Waals surface area contributed by atoms with E-state index in [4.69, 9.17) is 8.94 Å². The summed E-state index contributed by atoms with van der Waals surface area (Å²) in [4.78, 5) is 18.6. The zero-order chi connectivity index (χ0) is 27.8. The van der Waals surface area contributed by atoms with Crippen LogP contribution >= 0.6 is 0 Å². The van der Waals surface area contributed by atoms with Crippen molar-refractivity contribution in [1.82, 2.24) is 10.1 Å². The molecule has 3 heterocycles. The summed E-state index contributed by atoms with van der Waals surface area (Å²) < 4.78 is 26.5. The molecule has 1 atom stereocenters. The fourth-order valence-electron chi connectivity index (χ4n) is 5.07. The molecule has 3 aromatic carbocycles. The van der Waals surface area contributed by atoms with Crippen LogP contribution in [0, 0.1) is 19.7 Å². The van der Waals surface area contributed by atoms with Crippen LogP contribution in [0.1, 0.15) is 29.8 Å². The minimum Gasteiger partial charge on any atom is -0.455 e. The molecule has 0 spiro atoms. The summed E-state index contributed by atoms with van der Waals surface area (Å²) in [5.74, 6) is 0.0862. The van der Waals surface area contributed by atoms with E-state index in [-0.39, 0.29) is 17.3 Å². The van der Waals surface area contributed by atoms with E-state index in [1.807, 2.05) is 62.4 Å². The van der Waals surface area contributed by atoms with E-state index in [1.54, 1.807) is 37.4 Å². The average molecular weight is 532 g/mol. The van der Waals surface area contributed by atoms with E-state index in [9.17, 15) is 9.18 Å². The van der Waals surface area contributed by atoms with Crippen LogP contribution in [0.4, 0.5) is 10.1 Å². The van der Waals surface area contributed by atoms with Crippen LogP contribution in [-0.4, -0.2) is 10.1 Å². The van der Waals surface area contributed by atoms with Crippen molar-refractivity contribution >= 4 is 16.7 Å². The van der Waals surface area contributed by atoms with Crippen molar-refractivity contribution in [1.29, 1.82) is 0 Å². The van der Waals surface area contributed by atoms with Gasteiger partial charge in [-0.05, 0) is 56.7 Å². The lowest BCUT2D eigenvalue weighted by atomic mass is 9.95. The monoisotopic (exact) mass is 531 g/mol. The number of hydrogen-bond acceptors (Lipinski definition) is 6. The Kier molecular flexibility index (Phi) is 6.48. The largest absolute Gasteiger partial charge is 0.455 e. The lowest BCUT2D eigenvalue weighted by molar-refractivity contribution is 0.415. The molecule has 0 saturated heterocycles. The Labute approximate surface area is 230 Å². The Hall–Kier alpha value is -5.04. The first kappa shape index (κ1) is 25.2. The lowest BCUT2D eigenvalue weighted by Gasteiger charge is -2.20. The van der Waals surface area contributed by atoms with E-state index < -0.39 is 0 Å². The first-order valence-corrected chi connectivity index (χ1v) is 13.0. The number of nitrogens with one attached hydrogen (secondary N) is 1. The van der Waals surface area contributed by atoms with Gasteiger partial charge in [0.25, 0.3) is 0 Å². The summed E-state index contributed by atoms with van der Waals surface area (Å²) in [5.41, 5.74) is 5.93. The van der Waals surface area contributed by atoms with E-state index >= 15 is 0 Å². The summed E-state index contributed by atoms with van der Waals surface area (Å²) >= 11 is 0. The van der Waals surface area contributed by atoms with Gasteiger partial charge in [0.1, 0.15) is 23.4 Å². The summed E-state index contributed by atoms with van der Waals surface area (Å²) in [6.07, 6.45) is 3.12. The van der Waals surface area contributed by atoms with Crippen LogP contribution in [0.5, 0.6) is 0 Å². The highest BCUT2D eigenvalue weighted by molar-refractivity contribution is 5.91. The van der Waals surface area contributed by atoms with E-state index in [1.165, 1.54) is 12.3 Å². The number of anilines is 1. The molecule has 0 bridgehead atoms. The number of nitrogens with zero attached hydrogens (tertiary/aromatic N) is 2. The topological polar surface area (TPSA) is 81.2 Å². The third kappa shape index (κ3) is 4.45. The summed E-state index contributed by atoms with van der Waals surface area (Å²) in [6, 6.07) is 23.3. The van der Waals surface area contributed by atoms with Crippen molar-refractivity contribution in [2.24, 2.45) is 0 Å². The molecule has 0 fully saturated rings. The first-order valence-electron chi connectivity index (χ1n) is 13.0. The summed E-state index contributed by atoms with van der Waals surface area (Å²) in [7, 11) is 0. The molecule has 3 aromatic heterocycles. The fourth-order valence-corrected chi connectivity index (χ4v) is 5.07. The number of hydrogen-bond donors (Lipinski definition) is 1. The minimum absolute atomic E-state index is 0.169. The second kappa shape index (κ2) is 10.3. The molecule has 40 heavy (non-hydrogen) atoms. The van der Waals surface area contributed by atoms with Gasteiger partial charge in [0, 0.05) is 22.9 Å². The number of pyridine rings is 1. The molecule has 1 N–H and O–H groups in total. The number of halogens is 1. The molecule has 198 valence electrons. The van der Waals surface area contributed by atoms with Gasteiger partial charge in [-0.2, -0.15) is 0 Å². The van der Waals surface area contributed by atoms with Gasteiger partial charge in [0.15, 0.2) is 0 Å². The van der Waals surface area contributed by atoms with Gasteiger partial charge in [-0.3, -0.25) is 9.78 Å². The average Bonchev–Trinajstić information content (AvgIpc) is 3.39. The molecule has 0 amide bonds. The highest BCUT2D eigenvalue weighted by Gasteiger charge is 2.24. The lowest BCUT2D eigenvalue weighted by Crippen LogP contribution is -2.13. The molecular weight excluding hydrogens is 505 g/mol. The highest BCUT2D eigenvalue weighted by Crippen LogP contribution is 2.37. The van der Waals surface area contributed by atoms with E-state index in [0.717, 1.165) is 16.7 Å². The van der Waals surface area contributed by atoms with Crippen LogP contribution in [0.25, 0.3) is 44.7 Å². The summed E-state index contributed by atoms with van der Waals surface area (Å²) in [6.45, 7) is 5.72. The Balaban J connectivity index is 1.54. The Bertz CT molecular complexity index is 1910. The molecule has 0 saturated carbocycles. The van der Waals surface area contributed by atoms with Crippen molar-refractivity contribution in [2.75, 3.05) is 5.32 Å². The number of benzene rings is 3. The van der Waals surface area contributed by atoms with Gasteiger partial charge in [-0.25, -0.2) is 4.39 Å². The molecule has 6 nitrogen and oxygen atoms in total. The number of fused-ring (bicyclic) bond motifs is 1. The molecule has 6 rings (SSSR count). The molecule has 0 aliphatic carbocycles. The van der Waals surface area contributed by atoms with Crippen molar-refractivity contribution in [3.05, 3.63) is 124 Å². The van der Waals surface area contributed by atoms with Crippen LogP contribution in [0.3, 0.4) is 0 Å². The predicted octanol–water partition coefficient (Wildman–Crippen LogP) is 8.11. The molecular formula is C33H26FN3O3. The van der Waals surface area contributed by atoms with Crippen molar-refractivity contribution in [3.8, 4) is 33.7 Å². The number of aromatic nitrogens is 2. The second-order valence-corrected chi connectivity index (χ2v) is 9.79. The third-order valence-corrected chi connectivity index (χ3v) is 7.00. The van der Waals surface area contributed by atoms with Gasteiger partial charge < -0.3 is 14.3 Å². The molecule has 0 radical (unpaired) electrons. The Morgan fingerprint density at radius 3 is 2.45 bits per heavy atom. The quantitative estimate of drug-likeness (QED) is 0.234. The fraction of sp³-hybridized carbons (Fsp3) is 0.121. The van der Waals surface area contributed by atoms with Crippen LogP contribution < -0.4 is 10.7 Å². The smallest absolute Gasteiger partial charge is 0.201 e. The minimum atomic E-state index is -0.354. The van der Waals surface area contributed by atoms with Crippen LogP contribution in [-0.2, 0) is 0 Å².